The fourth-order valence-electron chi connectivity index (χ4n) is 4.04. The lowest BCUT2D eigenvalue weighted by atomic mass is 10.1. The van der Waals surface area contributed by atoms with E-state index in [9.17, 15) is 9.18 Å². The number of halogens is 1. The lowest BCUT2D eigenvalue weighted by Crippen LogP contribution is -2.26. The molecule has 1 N–H and O–H groups in total. The van der Waals surface area contributed by atoms with Crippen molar-refractivity contribution in [2.75, 3.05) is 18.0 Å². The number of amides is 1. The molecular weight excluding hydrogens is 405 g/mol. The van der Waals surface area contributed by atoms with Crippen LogP contribution in [0.15, 0.2) is 66.9 Å². The third kappa shape index (κ3) is 4.19. The number of anilines is 1. The number of hydrogen-bond donors (Lipinski definition) is 1. The van der Waals surface area contributed by atoms with E-state index in [0.29, 0.717) is 18.7 Å². The number of imidazole rings is 1. The number of rotatable bonds is 2. The van der Waals surface area contributed by atoms with Crippen molar-refractivity contribution in [3.8, 4) is 11.3 Å². The highest BCUT2D eigenvalue weighted by Crippen LogP contribution is 2.24. The van der Waals surface area contributed by atoms with Crippen molar-refractivity contribution in [3.63, 3.8) is 0 Å². The molecule has 6 nitrogen and oxygen atoms in total. The van der Waals surface area contributed by atoms with Crippen molar-refractivity contribution >= 4 is 17.4 Å². The number of nitrogens with one attached hydrogen (secondary N) is 1. The van der Waals surface area contributed by atoms with Gasteiger partial charge in [-0.05, 0) is 61.2 Å². The van der Waals surface area contributed by atoms with Gasteiger partial charge in [0.2, 0.25) is 0 Å². The normalized spacial score (nSPS) is 14.8. The summed E-state index contributed by atoms with van der Waals surface area (Å²) in [5.74, 6) is 0.529. The van der Waals surface area contributed by atoms with E-state index in [2.05, 4.69) is 15.2 Å². The van der Waals surface area contributed by atoms with Crippen molar-refractivity contribution in [3.05, 3.63) is 83.8 Å². The Morgan fingerprint density at radius 1 is 0.969 bits per heavy atom. The number of aromatic nitrogens is 3. The largest absolute Gasteiger partial charge is 0.352 e. The molecule has 0 aliphatic carbocycles. The highest BCUT2D eigenvalue weighted by Gasteiger charge is 2.15. The Labute approximate surface area is 185 Å². The molecule has 32 heavy (non-hydrogen) atoms. The maximum atomic E-state index is 13.4. The average Bonchev–Trinajstić information content (AvgIpc) is 3.24. The van der Waals surface area contributed by atoms with E-state index in [-0.39, 0.29) is 11.7 Å². The summed E-state index contributed by atoms with van der Waals surface area (Å²) in [5.41, 5.74) is 4.10. The minimum Gasteiger partial charge on any atom is -0.352 e. The first-order valence-electron chi connectivity index (χ1n) is 10.9. The van der Waals surface area contributed by atoms with Crippen molar-refractivity contribution < 1.29 is 9.18 Å². The van der Waals surface area contributed by atoms with Gasteiger partial charge in [-0.1, -0.05) is 24.3 Å². The molecular formula is C25H24FN5O. The van der Waals surface area contributed by atoms with Crippen LogP contribution in [0.2, 0.25) is 0 Å². The molecule has 5 rings (SSSR count). The number of carbonyl (C=O) groups excluding carboxylic acids is 1. The summed E-state index contributed by atoms with van der Waals surface area (Å²) in [6.07, 6.45) is 4.64. The molecule has 7 heteroatoms. The van der Waals surface area contributed by atoms with E-state index in [1.807, 2.05) is 53.0 Å². The summed E-state index contributed by atoms with van der Waals surface area (Å²) in [7, 11) is 0. The molecule has 4 bridgehead atoms. The van der Waals surface area contributed by atoms with E-state index in [0.717, 1.165) is 54.1 Å². The lowest BCUT2D eigenvalue weighted by Gasteiger charge is -2.24. The molecule has 0 unspecified atom stereocenters. The summed E-state index contributed by atoms with van der Waals surface area (Å²) in [6.45, 7) is 2.08. The molecule has 3 heterocycles. The Hall–Kier alpha value is -3.74. The molecule has 2 aromatic heterocycles. The van der Waals surface area contributed by atoms with Crippen LogP contribution in [0.25, 0.3) is 16.9 Å². The first-order valence-corrected chi connectivity index (χ1v) is 10.9. The Morgan fingerprint density at radius 2 is 1.81 bits per heavy atom. The molecule has 0 atom stereocenters. The van der Waals surface area contributed by atoms with Gasteiger partial charge in [-0.3, -0.25) is 4.79 Å². The fourth-order valence-corrected chi connectivity index (χ4v) is 4.04. The molecule has 0 radical (unpaired) electrons. The molecule has 2 aromatic carbocycles. The minimum absolute atomic E-state index is 0.0675. The van der Waals surface area contributed by atoms with Crippen molar-refractivity contribution in [2.24, 2.45) is 0 Å². The molecule has 162 valence electrons. The van der Waals surface area contributed by atoms with E-state index >= 15 is 0 Å². The van der Waals surface area contributed by atoms with Gasteiger partial charge in [-0.25, -0.2) is 13.9 Å². The molecule has 1 aliphatic rings. The second-order valence-corrected chi connectivity index (χ2v) is 8.05. The Bertz CT molecular complexity index is 1250. The third-order valence-corrected chi connectivity index (χ3v) is 5.77. The van der Waals surface area contributed by atoms with Gasteiger partial charge >= 0.3 is 0 Å². The number of hydrogen-bond acceptors (Lipinski definition) is 4. The van der Waals surface area contributed by atoms with Gasteiger partial charge in [0.05, 0.1) is 11.9 Å². The molecule has 1 amide bonds. The Balaban J connectivity index is 1.57. The Kier molecular flexibility index (Phi) is 5.54. The van der Waals surface area contributed by atoms with Crippen LogP contribution >= 0.6 is 0 Å². The van der Waals surface area contributed by atoms with Gasteiger partial charge in [0.25, 0.3) is 5.91 Å². The first-order chi connectivity index (χ1) is 15.7. The second-order valence-electron chi connectivity index (χ2n) is 8.05. The second kappa shape index (κ2) is 8.78. The Morgan fingerprint density at radius 3 is 2.69 bits per heavy atom. The van der Waals surface area contributed by atoms with Crippen LogP contribution in [-0.2, 0) is 6.54 Å². The topological polar surface area (TPSA) is 62.5 Å². The molecule has 0 fully saturated rings. The van der Waals surface area contributed by atoms with E-state index in [4.69, 9.17) is 5.10 Å². The summed E-state index contributed by atoms with van der Waals surface area (Å²) < 4.78 is 15.2. The number of nitrogens with zero attached hydrogens (tertiary/aromatic N) is 4. The molecule has 0 saturated carbocycles. The van der Waals surface area contributed by atoms with Crippen molar-refractivity contribution in [1.82, 2.24) is 19.9 Å². The van der Waals surface area contributed by atoms with Gasteiger partial charge in [0.1, 0.15) is 11.6 Å². The fraction of sp³-hybridized carbons (Fsp3) is 0.240. The molecule has 4 aromatic rings. The van der Waals surface area contributed by atoms with E-state index < -0.39 is 0 Å². The zero-order valence-electron chi connectivity index (χ0n) is 17.7. The van der Waals surface area contributed by atoms with E-state index in [1.54, 1.807) is 6.20 Å². The van der Waals surface area contributed by atoms with Crippen LogP contribution < -0.4 is 10.2 Å². The van der Waals surface area contributed by atoms with Crippen molar-refractivity contribution in [1.29, 1.82) is 0 Å². The highest BCUT2D eigenvalue weighted by molar-refractivity contribution is 5.95. The summed E-state index contributed by atoms with van der Waals surface area (Å²) >= 11 is 0. The van der Waals surface area contributed by atoms with Crippen LogP contribution in [0.5, 0.6) is 0 Å². The first kappa shape index (κ1) is 20.2. The molecule has 0 spiro atoms. The monoisotopic (exact) mass is 429 g/mol. The average molecular weight is 429 g/mol. The van der Waals surface area contributed by atoms with Crippen LogP contribution in [0.3, 0.4) is 0 Å². The predicted molar refractivity (Wildman–Crippen MR) is 122 cm³/mol. The van der Waals surface area contributed by atoms with Crippen LogP contribution in [-0.4, -0.2) is 33.6 Å². The number of carbonyl (C=O) groups is 1. The zero-order valence-corrected chi connectivity index (χ0v) is 17.7. The maximum absolute atomic E-state index is 13.4. The summed E-state index contributed by atoms with van der Waals surface area (Å²) in [5, 5.41) is 7.92. The van der Waals surface area contributed by atoms with Crippen LogP contribution in [0.4, 0.5) is 10.2 Å². The quantitative estimate of drug-likeness (QED) is 0.511. The lowest BCUT2D eigenvalue weighted by molar-refractivity contribution is 0.0953. The van der Waals surface area contributed by atoms with Gasteiger partial charge in [-0.15, -0.1) is 5.10 Å². The predicted octanol–water partition coefficient (Wildman–Crippen LogP) is 4.46. The molecule has 0 saturated heterocycles. The SMILES string of the molecule is O=C1NCCCCCN(Cc2ccc(F)cc2)c2ccc3ncc(n3n2)-c2cccc1c2. The van der Waals surface area contributed by atoms with Gasteiger partial charge < -0.3 is 10.2 Å². The third-order valence-electron chi connectivity index (χ3n) is 5.77. The van der Waals surface area contributed by atoms with Gasteiger partial charge in [-0.2, -0.15) is 0 Å². The summed E-state index contributed by atoms with van der Waals surface area (Å²) in [6, 6.07) is 18.1. The standard InChI is InChI=1S/C25H24FN5O/c26-21-9-7-18(8-10-21)17-30-14-3-1-2-13-27-25(32)20-6-4-5-19(15-20)22-16-28-23-11-12-24(30)29-31(22)23/h4-12,15-16H,1-3,13-14,17H2,(H,27,32). The zero-order chi connectivity index (χ0) is 21.9. The van der Waals surface area contributed by atoms with E-state index in [1.165, 1.54) is 12.1 Å². The minimum atomic E-state index is -0.238. The van der Waals surface area contributed by atoms with Crippen molar-refractivity contribution in [2.45, 2.75) is 25.8 Å². The smallest absolute Gasteiger partial charge is 0.251 e. The maximum Gasteiger partial charge on any atom is 0.251 e. The van der Waals surface area contributed by atoms with Crippen LogP contribution in [0, 0.1) is 5.82 Å². The summed E-state index contributed by atoms with van der Waals surface area (Å²) in [4.78, 5) is 19.3. The number of fused-ring (bicyclic) bond motifs is 4. The van der Waals surface area contributed by atoms with Gasteiger partial charge in [0, 0.05) is 30.8 Å². The van der Waals surface area contributed by atoms with Crippen LogP contribution in [0.1, 0.15) is 35.2 Å². The highest BCUT2D eigenvalue weighted by atomic mass is 19.1. The number of benzene rings is 2. The molecule has 1 aliphatic heterocycles. The van der Waals surface area contributed by atoms with Gasteiger partial charge in [0.15, 0.2) is 5.65 Å².